The lowest BCUT2D eigenvalue weighted by atomic mass is 9.88. The number of rotatable bonds is 4. The second-order valence-electron chi connectivity index (χ2n) is 5.83. The zero-order valence-corrected chi connectivity index (χ0v) is 10.1. The summed E-state index contributed by atoms with van der Waals surface area (Å²) in [5, 5.41) is 3.60. The first kappa shape index (κ1) is 10.8. The molecule has 0 spiro atoms. The molecule has 2 heteroatoms. The lowest BCUT2D eigenvalue weighted by molar-refractivity contribution is 0.287. The highest BCUT2D eigenvalue weighted by Gasteiger charge is 2.39. The van der Waals surface area contributed by atoms with Crippen molar-refractivity contribution in [2.45, 2.75) is 45.1 Å². The maximum Gasteiger partial charge on any atom is 0.0400 e. The van der Waals surface area contributed by atoms with Gasteiger partial charge in [-0.3, -0.25) is 0 Å². The molecule has 2 saturated carbocycles. The van der Waals surface area contributed by atoms with Gasteiger partial charge in [-0.2, -0.15) is 0 Å². The molecule has 3 atom stereocenters. The molecule has 2 rings (SSSR count). The van der Waals surface area contributed by atoms with Gasteiger partial charge in [-0.05, 0) is 57.4 Å². The van der Waals surface area contributed by atoms with E-state index < -0.39 is 0 Å². The van der Waals surface area contributed by atoms with Gasteiger partial charge >= 0.3 is 0 Å². The molecule has 2 aliphatic rings. The fourth-order valence-electron chi connectivity index (χ4n) is 3.08. The van der Waals surface area contributed by atoms with Gasteiger partial charge in [-0.15, -0.1) is 11.6 Å². The molecule has 0 heterocycles. The van der Waals surface area contributed by atoms with Crippen LogP contribution < -0.4 is 5.32 Å². The largest absolute Gasteiger partial charge is 0.310 e. The molecule has 0 aromatic heterocycles. The Morgan fingerprint density at radius 2 is 2.07 bits per heavy atom. The van der Waals surface area contributed by atoms with Crippen LogP contribution in [-0.4, -0.2) is 18.0 Å². The van der Waals surface area contributed by atoms with E-state index in [9.17, 15) is 0 Å². The Hall–Kier alpha value is 0.250. The van der Waals surface area contributed by atoms with Gasteiger partial charge in [0.2, 0.25) is 0 Å². The Bertz CT molecular complexity index is 202. The quantitative estimate of drug-likeness (QED) is 0.711. The second kappa shape index (κ2) is 4.02. The highest BCUT2D eigenvalue weighted by molar-refractivity contribution is 6.18. The summed E-state index contributed by atoms with van der Waals surface area (Å²) in [6.45, 7) is 5.56. The summed E-state index contributed by atoms with van der Waals surface area (Å²) in [5.74, 6) is 3.73. The van der Waals surface area contributed by atoms with E-state index in [1.807, 2.05) is 0 Å². The van der Waals surface area contributed by atoms with Crippen molar-refractivity contribution in [2.24, 2.45) is 17.8 Å². The number of nitrogens with one attached hydrogen (secondary N) is 1. The van der Waals surface area contributed by atoms with Crippen LogP contribution in [0.25, 0.3) is 0 Å². The summed E-state index contributed by atoms with van der Waals surface area (Å²) in [6.07, 6.45) is 5.96. The molecule has 2 aliphatic carbocycles. The van der Waals surface area contributed by atoms with E-state index in [-0.39, 0.29) is 5.54 Å². The molecule has 0 aromatic carbocycles. The summed E-state index contributed by atoms with van der Waals surface area (Å²) in [4.78, 5) is 0. The maximum absolute atomic E-state index is 5.90. The Morgan fingerprint density at radius 3 is 2.57 bits per heavy atom. The molecule has 82 valence electrons. The van der Waals surface area contributed by atoms with Gasteiger partial charge in [0.15, 0.2) is 0 Å². The van der Waals surface area contributed by atoms with Crippen LogP contribution in [0.3, 0.4) is 0 Å². The second-order valence-corrected chi connectivity index (χ2v) is 6.10. The minimum Gasteiger partial charge on any atom is -0.310 e. The fourth-order valence-corrected chi connectivity index (χ4v) is 3.18. The normalized spacial score (nSPS) is 36.6. The molecule has 0 amide bonds. The van der Waals surface area contributed by atoms with Crippen LogP contribution in [-0.2, 0) is 0 Å². The van der Waals surface area contributed by atoms with Crippen molar-refractivity contribution in [3.05, 3.63) is 0 Å². The standard InChI is InChI=1S/C12H22ClN/c1-12(2,8-13)14-7-11-6-9-3-4-10(11)5-9/h9-11,14H,3-8H2,1-2H3. The van der Waals surface area contributed by atoms with E-state index in [0.29, 0.717) is 5.88 Å². The van der Waals surface area contributed by atoms with Crippen molar-refractivity contribution in [3.63, 3.8) is 0 Å². The topological polar surface area (TPSA) is 12.0 Å². The van der Waals surface area contributed by atoms with Gasteiger partial charge in [0.05, 0.1) is 0 Å². The van der Waals surface area contributed by atoms with Crippen LogP contribution in [0.2, 0.25) is 0 Å². The van der Waals surface area contributed by atoms with Crippen molar-refractivity contribution >= 4 is 11.6 Å². The molecule has 0 saturated heterocycles. The molecule has 0 aromatic rings. The summed E-state index contributed by atoms with van der Waals surface area (Å²) in [7, 11) is 0. The minimum atomic E-state index is 0.114. The molecule has 0 aliphatic heterocycles. The van der Waals surface area contributed by atoms with Gasteiger partial charge in [0, 0.05) is 11.4 Å². The van der Waals surface area contributed by atoms with Crippen molar-refractivity contribution in [2.75, 3.05) is 12.4 Å². The highest BCUT2D eigenvalue weighted by atomic mass is 35.5. The van der Waals surface area contributed by atoms with Crippen LogP contribution in [0.5, 0.6) is 0 Å². The smallest absolute Gasteiger partial charge is 0.0400 e. The molecule has 3 unspecified atom stereocenters. The molecular weight excluding hydrogens is 194 g/mol. The number of alkyl halides is 1. The molecule has 14 heavy (non-hydrogen) atoms. The summed E-state index contributed by atoms with van der Waals surface area (Å²) < 4.78 is 0. The molecule has 0 radical (unpaired) electrons. The van der Waals surface area contributed by atoms with Crippen LogP contribution in [0.15, 0.2) is 0 Å². The van der Waals surface area contributed by atoms with Gasteiger partial charge in [0.25, 0.3) is 0 Å². The number of halogens is 1. The maximum atomic E-state index is 5.90. The predicted octanol–water partition coefficient (Wildman–Crippen LogP) is 3.03. The van der Waals surface area contributed by atoms with Gasteiger partial charge < -0.3 is 5.32 Å². The Kier molecular flexibility index (Phi) is 3.09. The Morgan fingerprint density at radius 1 is 1.29 bits per heavy atom. The first-order valence-electron chi connectivity index (χ1n) is 5.92. The van der Waals surface area contributed by atoms with Crippen LogP contribution >= 0.6 is 11.6 Å². The first-order valence-corrected chi connectivity index (χ1v) is 6.45. The van der Waals surface area contributed by atoms with Crippen molar-refractivity contribution in [3.8, 4) is 0 Å². The summed E-state index contributed by atoms with van der Waals surface area (Å²) in [5.41, 5.74) is 0.114. The molecule has 2 fully saturated rings. The van der Waals surface area contributed by atoms with Gasteiger partial charge in [-0.25, -0.2) is 0 Å². The molecule has 2 bridgehead atoms. The lowest BCUT2D eigenvalue weighted by Gasteiger charge is -2.29. The zero-order valence-electron chi connectivity index (χ0n) is 9.35. The van der Waals surface area contributed by atoms with E-state index in [0.717, 1.165) is 17.8 Å². The SMILES string of the molecule is CC(C)(CCl)NCC1CC2CCC1C2. The number of fused-ring (bicyclic) bond motifs is 2. The van der Waals surface area contributed by atoms with E-state index in [1.54, 1.807) is 0 Å². The average Bonchev–Trinajstić information content (AvgIpc) is 2.76. The average molecular weight is 216 g/mol. The van der Waals surface area contributed by atoms with Crippen molar-refractivity contribution in [1.82, 2.24) is 5.32 Å². The lowest BCUT2D eigenvalue weighted by Crippen LogP contribution is -2.44. The molecule has 1 nitrogen and oxygen atoms in total. The van der Waals surface area contributed by atoms with E-state index >= 15 is 0 Å². The zero-order chi connectivity index (χ0) is 10.2. The van der Waals surface area contributed by atoms with Crippen molar-refractivity contribution < 1.29 is 0 Å². The first-order chi connectivity index (χ1) is 6.61. The van der Waals surface area contributed by atoms with E-state index in [2.05, 4.69) is 19.2 Å². The third-order valence-corrected chi connectivity index (χ3v) is 4.73. The highest BCUT2D eigenvalue weighted by Crippen LogP contribution is 2.48. The third-order valence-electron chi connectivity index (χ3n) is 4.06. The number of hydrogen-bond donors (Lipinski definition) is 1. The van der Waals surface area contributed by atoms with Gasteiger partial charge in [0.1, 0.15) is 0 Å². The monoisotopic (exact) mass is 215 g/mol. The Labute approximate surface area is 92.6 Å². The summed E-state index contributed by atoms with van der Waals surface area (Å²) >= 11 is 5.90. The van der Waals surface area contributed by atoms with E-state index in [1.165, 1.54) is 32.2 Å². The third kappa shape index (κ3) is 2.25. The van der Waals surface area contributed by atoms with Crippen LogP contribution in [0.1, 0.15) is 39.5 Å². The fraction of sp³-hybridized carbons (Fsp3) is 1.00. The van der Waals surface area contributed by atoms with Crippen LogP contribution in [0.4, 0.5) is 0 Å². The van der Waals surface area contributed by atoms with E-state index in [4.69, 9.17) is 11.6 Å². The minimum absolute atomic E-state index is 0.114. The molecular formula is C12H22ClN. The number of hydrogen-bond acceptors (Lipinski definition) is 1. The van der Waals surface area contributed by atoms with Crippen molar-refractivity contribution in [1.29, 1.82) is 0 Å². The van der Waals surface area contributed by atoms with Crippen LogP contribution in [0, 0.1) is 17.8 Å². The molecule has 1 N–H and O–H groups in total. The summed E-state index contributed by atoms with van der Waals surface area (Å²) in [6, 6.07) is 0. The predicted molar refractivity (Wildman–Crippen MR) is 61.7 cm³/mol. The van der Waals surface area contributed by atoms with Gasteiger partial charge in [-0.1, -0.05) is 6.42 Å². The Balaban J connectivity index is 1.77.